The van der Waals surface area contributed by atoms with Gasteiger partial charge in [-0.05, 0) is 62.4 Å². The number of hydrogen-bond acceptors (Lipinski definition) is 4. The van der Waals surface area contributed by atoms with Crippen molar-refractivity contribution in [2.24, 2.45) is 10.9 Å². The summed E-state index contributed by atoms with van der Waals surface area (Å²) >= 11 is 0. The Morgan fingerprint density at radius 1 is 1.22 bits per heavy atom. The van der Waals surface area contributed by atoms with Crippen molar-refractivity contribution >= 4 is 15.8 Å². The summed E-state index contributed by atoms with van der Waals surface area (Å²) in [6.45, 7) is 7.60. The van der Waals surface area contributed by atoms with Crippen LogP contribution < -0.4 is 10.6 Å². The maximum atomic E-state index is 11.5. The minimum absolute atomic E-state index is 0.361. The Kier molecular flexibility index (Phi) is 8.57. The Balaban J connectivity index is 1.64. The molecule has 1 aliphatic rings. The van der Waals surface area contributed by atoms with Gasteiger partial charge in [-0.3, -0.25) is 4.99 Å². The molecule has 1 heterocycles. The summed E-state index contributed by atoms with van der Waals surface area (Å²) in [5.74, 6) is 1.64. The van der Waals surface area contributed by atoms with Crippen LogP contribution in [0.5, 0.6) is 0 Å². The molecule has 7 heteroatoms. The normalized spacial score (nSPS) is 19.1. The number of nitrogens with zero attached hydrogens (tertiary/aromatic N) is 2. The van der Waals surface area contributed by atoms with Gasteiger partial charge in [-0.25, -0.2) is 8.42 Å². The highest BCUT2D eigenvalue weighted by atomic mass is 32.2. The second-order valence-corrected chi connectivity index (χ2v) is 9.51. The number of nitrogens with one attached hydrogen (secondary N) is 2. The zero-order valence-corrected chi connectivity index (χ0v) is 17.7. The molecule has 6 nitrogen and oxygen atoms in total. The monoisotopic (exact) mass is 394 g/mol. The van der Waals surface area contributed by atoms with E-state index in [0.29, 0.717) is 4.90 Å². The van der Waals surface area contributed by atoms with Crippen molar-refractivity contribution in [1.82, 2.24) is 15.5 Å². The Hall–Kier alpha value is -1.60. The van der Waals surface area contributed by atoms with E-state index in [0.717, 1.165) is 49.9 Å². The molecular weight excluding hydrogens is 360 g/mol. The first-order valence-corrected chi connectivity index (χ1v) is 11.7. The quantitative estimate of drug-likeness (QED) is 0.400. The molecule has 1 aliphatic heterocycles. The lowest BCUT2D eigenvalue weighted by Crippen LogP contribution is -2.40. The highest BCUT2D eigenvalue weighted by Crippen LogP contribution is 2.15. The fourth-order valence-electron chi connectivity index (χ4n) is 3.45. The topological polar surface area (TPSA) is 73.8 Å². The third-order valence-electron chi connectivity index (χ3n) is 4.97. The van der Waals surface area contributed by atoms with Crippen LogP contribution in [0.25, 0.3) is 0 Å². The van der Waals surface area contributed by atoms with E-state index in [1.807, 2.05) is 12.1 Å². The van der Waals surface area contributed by atoms with Gasteiger partial charge in [0.05, 0.1) is 4.90 Å². The average Bonchev–Trinajstić information content (AvgIpc) is 2.63. The first kappa shape index (κ1) is 21.7. The molecule has 0 spiro atoms. The SMILES string of the molecule is CN=C(NCCCN1CCCC(C)C1)NCCc1ccc(S(C)(=O)=O)cc1. The molecule has 0 amide bonds. The number of likely N-dealkylation sites (tertiary alicyclic amines) is 1. The molecule has 1 aromatic carbocycles. The highest BCUT2D eigenvalue weighted by Gasteiger charge is 2.15. The summed E-state index contributed by atoms with van der Waals surface area (Å²) in [5.41, 5.74) is 1.10. The third-order valence-corrected chi connectivity index (χ3v) is 6.09. The molecule has 0 aliphatic carbocycles. The van der Waals surface area contributed by atoms with Gasteiger partial charge in [0.15, 0.2) is 15.8 Å². The molecule has 0 radical (unpaired) electrons. The van der Waals surface area contributed by atoms with Gasteiger partial charge in [0.25, 0.3) is 0 Å². The number of sulfone groups is 1. The molecule has 0 aromatic heterocycles. The molecule has 1 unspecified atom stereocenters. The highest BCUT2D eigenvalue weighted by molar-refractivity contribution is 7.90. The molecule has 1 fully saturated rings. The van der Waals surface area contributed by atoms with E-state index in [9.17, 15) is 8.42 Å². The number of benzene rings is 1. The Morgan fingerprint density at radius 2 is 1.93 bits per heavy atom. The zero-order valence-electron chi connectivity index (χ0n) is 16.9. The van der Waals surface area contributed by atoms with Crippen LogP contribution in [0.2, 0.25) is 0 Å². The Labute approximate surface area is 164 Å². The maximum absolute atomic E-state index is 11.5. The van der Waals surface area contributed by atoms with Crippen molar-refractivity contribution in [2.45, 2.75) is 37.5 Å². The molecule has 2 rings (SSSR count). The first-order chi connectivity index (χ1) is 12.9. The Bertz CT molecular complexity index is 701. The fourth-order valence-corrected chi connectivity index (χ4v) is 4.08. The van der Waals surface area contributed by atoms with Crippen LogP contribution in [0, 0.1) is 5.92 Å². The van der Waals surface area contributed by atoms with Gasteiger partial charge in [0.2, 0.25) is 0 Å². The number of guanidine groups is 1. The standard InChI is InChI=1S/C20H34N4O2S/c1-17-6-4-14-24(16-17)15-5-12-22-20(21-2)23-13-11-18-7-9-19(10-8-18)27(3,25)26/h7-10,17H,4-6,11-16H2,1-3H3,(H2,21,22,23). The summed E-state index contributed by atoms with van der Waals surface area (Å²) < 4.78 is 23.0. The van der Waals surface area contributed by atoms with Crippen molar-refractivity contribution in [3.8, 4) is 0 Å². The molecular formula is C20H34N4O2S. The first-order valence-electron chi connectivity index (χ1n) is 9.84. The molecule has 1 atom stereocenters. The van der Waals surface area contributed by atoms with Crippen LogP contribution in [0.4, 0.5) is 0 Å². The van der Waals surface area contributed by atoms with Crippen molar-refractivity contribution in [2.75, 3.05) is 46.0 Å². The summed E-state index contributed by atoms with van der Waals surface area (Å²) in [5, 5.41) is 6.68. The summed E-state index contributed by atoms with van der Waals surface area (Å²) in [6.07, 6.45) is 5.84. The number of piperidine rings is 1. The second-order valence-electron chi connectivity index (χ2n) is 7.49. The molecule has 152 valence electrons. The van der Waals surface area contributed by atoms with Crippen molar-refractivity contribution in [3.05, 3.63) is 29.8 Å². The van der Waals surface area contributed by atoms with E-state index in [1.54, 1.807) is 19.2 Å². The average molecular weight is 395 g/mol. The van der Waals surface area contributed by atoms with Crippen LogP contribution in [0.15, 0.2) is 34.2 Å². The van der Waals surface area contributed by atoms with Gasteiger partial charge in [-0.1, -0.05) is 19.1 Å². The van der Waals surface area contributed by atoms with Crippen LogP contribution in [0.3, 0.4) is 0 Å². The third kappa shape index (κ3) is 7.89. The largest absolute Gasteiger partial charge is 0.356 e. The summed E-state index contributed by atoms with van der Waals surface area (Å²) in [7, 11) is -1.35. The molecule has 0 saturated carbocycles. The van der Waals surface area contributed by atoms with E-state index in [1.165, 1.54) is 32.2 Å². The number of hydrogen-bond donors (Lipinski definition) is 2. The van der Waals surface area contributed by atoms with Crippen molar-refractivity contribution in [1.29, 1.82) is 0 Å². The predicted octanol–water partition coefficient (Wildman–Crippen LogP) is 1.92. The lowest BCUT2D eigenvalue weighted by molar-refractivity contribution is 0.182. The van der Waals surface area contributed by atoms with Gasteiger partial charge in [-0.2, -0.15) is 0 Å². The van der Waals surface area contributed by atoms with E-state index in [-0.39, 0.29) is 0 Å². The molecule has 1 aromatic rings. The smallest absolute Gasteiger partial charge is 0.190 e. The molecule has 2 N–H and O–H groups in total. The minimum atomic E-state index is -3.13. The van der Waals surface area contributed by atoms with E-state index >= 15 is 0 Å². The van der Waals surface area contributed by atoms with Crippen LogP contribution in [-0.4, -0.2) is 65.3 Å². The van der Waals surface area contributed by atoms with Gasteiger partial charge in [-0.15, -0.1) is 0 Å². The van der Waals surface area contributed by atoms with Crippen molar-refractivity contribution in [3.63, 3.8) is 0 Å². The van der Waals surface area contributed by atoms with Crippen LogP contribution in [0.1, 0.15) is 31.7 Å². The fraction of sp³-hybridized carbons (Fsp3) is 0.650. The lowest BCUT2D eigenvalue weighted by atomic mass is 10.0. The van der Waals surface area contributed by atoms with Gasteiger partial charge >= 0.3 is 0 Å². The van der Waals surface area contributed by atoms with Gasteiger partial charge < -0.3 is 15.5 Å². The number of rotatable bonds is 8. The van der Waals surface area contributed by atoms with E-state index in [4.69, 9.17) is 0 Å². The van der Waals surface area contributed by atoms with Gasteiger partial charge in [0.1, 0.15) is 0 Å². The molecule has 27 heavy (non-hydrogen) atoms. The predicted molar refractivity (Wildman–Crippen MR) is 112 cm³/mol. The van der Waals surface area contributed by atoms with E-state index in [2.05, 4.69) is 27.4 Å². The van der Waals surface area contributed by atoms with E-state index < -0.39 is 9.84 Å². The summed E-state index contributed by atoms with van der Waals surface area (Å²) in [6, 6.07) is 7.07. The van der Waals surface area contributed by atoms with Gasteiger partial charge in [0, 0.05) is 32.9 Å². The van der Waals surface area contributed by atoms with Crippen molar-refractivity contribution < 1.29 is 8.42 Å². The summed E-state index contributed by atoms with van der Waals surface area (Å²) in [4.78, 5) is 7.19. The Morgan fingerprint density at radius 3 is 2.56 bits per heavy atom. The molecule has 0 bridgehead atoms. The van der Waals surface area contributed by atoms with Crippen LogP contribution >= 0.6 is 0 Å². The molecule has 1 saturated heterocycles. The van der Waals surface area contributed by atoms with Crippen LogP contribution in [-0.2, 0) is 16.3 Å². The zero-order chi connectivity index (χ0) is 19.7. The number of aliphatic imine (C=N–C) groups is 1. The minimum Gasteiger partial charge on any atom is -0.356 e. The lowest BCUT2D eigenvalue weighted by Gasteiger charge is -2.30. The second kappa shape index (κ2) is 10.7. The maximum Gasteiger partial charge on any atom is 0.190 e.